The molecule has 0 spiro atoms. The average molecular weight is 422 g/mol. The number of halogens is 1. The van der Waals surface area contributed by atoms with Gasteiger partial charge in [-0.15, -0.1) is 10.2 Å². The van der Waals surface area contributed by atoms with Crippen molar-refractivity contribution in [2.24, 2.45) is 10.8 Å². The number of aromatic nitrogens is 4. The molecular weight excluding hydrogens is 393 g/mol. The van der Waals surface area contributed by atoms with E-state index in [0.29, 0.717) is 33.8 Å². The molecule has 0 radical (unpaired) electrons. The van der Waals surface area contributed by atoms with E-state index >= 15 is 0 Å². The van der Waals surface area contributed by atoms with Crippen LogP contribution in [0.2, 0.25) is 0 Å². The van der Waals surface area contributed by atoms with E-state index in [1.165, 1.54) is 43.0 Å². The maximum atomic E-state index is 13.2. The van der Waals surface area contributed by atoms with Crippen LogP contribution in [0, 0.1) is 16.6 Å². The SMILES string of the molecule is CN(c1ccc(-c2ccc(-n3cc(F)cn3)cc2O)nn1)C1C[C@]2(C)CC[C@](C)(C1)C2. The van der Waals surface area contributed by atoms with E-state index in [4.69, 9.17) is 0 Å². The van der Waals surface area contributed by atoms with E-state index in [1.54, 1.807) is 18.2 Å². The van der Waals surface area contributed by atoms with Gasteiger partial charge in [-0.25, -0.2) is 9.07 Å². The fourth-order valence-corrected chi connectivity index (χ4v) is 5.81. The van der Waals surface area contributed by atoms with Gasteiger partial charge in [0, 0.05) is 24.7 Å². The summed E-state index contributed by atoms with van der Waals surface area (Å²) >= 11 is 0. The van der Waals surface area contributed by atoms with Gasteiger partial charge in [0.1, 0.15) is 5.75 Å². The van der Waals surface area contributed by atoms with Gasteiger partial charge in [0.25, 0.3) is 0 Å². The van der Waals surface area contributed by atoms with Crippen molar-refractivity contribution < 1.29 is 9.50 Å². The lowest BCUT2D eigenvalue weighted by Gasteiger charge is -2.44. The van der Waals surface area contributed by atoms with Gasteiger partial charge in [-0.3, -0.25) is 0 Å². The Morgan fingerprint density at radius 1 is 1.10 bits per heavy atom. The number of rotatable bonds is 4. The van der Waals surface area contributed by atoms with E-state index in [0.717, 1.165) is 12.0 Å². The van der Waals surface area contributed by atoms with E-state index < -0.39 is 5.82 Å². The van der Waals surface area contributed by atoms with Crippen LogP contribution in [-0.2, 0) is 0 Å². The Labute approximate surface area is 181 Å². The van der Waals surface area contributed by atoms with E-state index in [2.05, 4.69) is 41.1 Å². The largest absolute Gasteiger partial charge is 0.507 e. The molecule has 2 saturated carbocycles. The van der Waals surface area contributed by atoms with Crippen LogP contribution < -0.4 is 4.90 Å². The molecule has 7 heteroatoms. The van der Waals surface area contributed by atoms with E-state index in [-0.39, 0.29) is 5.75 Å². The van der Waals surface area contributed by atoms with Crippen LogP contribution in [0.3, 0.4) is 0 Å². The lowest BCUT2D eigenvalue weighted by molar-refractivity contribution is 0.148. The van der Waals surface area contributed by atoms with Gasteiger partial charge in [-0.05, 0) is 67.2 Å². The van der Waals surface area contributed by atoms with Gasteiger partial charge in [0.05, 0.1) is 23.8 Å². The molecule has 2 aliphatic rings. The summed E-state index contributed by atoms with van der Waals surface area (Å²) in [6.45, 7) is 4.86. The number of aromatic hydroxyl groups is 1. The molecule has 3 atom stereocenters. The van der Waals surface area contributed by atoms with Crippen LogP contribution in [0.15, 0.2) is 42.7 Å². The van der Waals surface area contributed by atoms with Crippen molar-refractivity contribution in [1.82, 2.24) is 20.0 Å². The maximum absolute atomic E-state index is 13.2. The van der Waals surface area contributed by atoms with Crippen molar-refractivity contribution in [1.29, 1.82) is 0 Å². The molecule has 1 N–H and O–H groups in total. The number of phenolic OH excluding ortho intramolecular Hbond substituents is 1. The summed E-state index contributed by atoms with van der Waals surface area (Å²) < 4.78 is 14.6. The molecule has 1 unspecified atom stereocenters. The predicted octanol–water partition coefficient (Wildman–Crippen LogP) is 4.97. The number of anilines is 1. The second-order valence-electron chi connectivity index (χ2n) is 10.1. The van der Waals surface area contributed by atoms with Crippen molar-refractivity contribution in [3.05, 3.63) is 48.5 Å². The molecule has 6 nitrogen and oxygen atoms in total. The first kappa shape index (κ1) is 20.0. The molecule has 0 aliphatic heterocycles. The molecule has 3 aromatic rings. The fraction of sp³-hybridized carbons (Fsp3) is 0.458. The molecule has 1 aromatic carbocycles. The fourth-order valence-electron chi connectivity index (χ4n) is 5.81. The van der Waals surface area contributed by atoms with E-state index in [1.807, 2.05) is 12.1 Å². The first-order valence-electron chi connectivity index (χ1n) is 10.8. The third-order valence-corrected chi connectivity index (χ3v) is 7.27. The number of fused-ring (bicyclic) bond motifs is 2. The molecular formula is C24H28FN5O. The highest BCUT2D eigenvalue weighted by Gasteiger charge is 2.49. The zero-order valence-corrected chi connectivity index (χ0v) is 18.2. The monoisotopic (exact) mass is 421 g/mol. The molecule has 2 aromatic heterocycles. The number of phenols is 1. The Kier molecular flexibility index (Phi) is 4.53. The molecule has 2 fully saturated rings. The van der Waals surface area contributed by atoms with Gasteiger partial charge in [-0.2, -0.15) is 5.10 Å². The average Bonchev–Trinajstić information content (AvgIpc) is 3.27. The number of hydrogen-bond acceptors (Lipinski definition) is 5. The summed E-state index contributed by atoms with van der Waals surface area (Å²) in [5.74, 6) is 0.474. The molecule has 0 amide bonds. The van der Waals surface area contributed by atoms with Crippen molar-refractivity contribution in [2.75, 3.05) is 11.9 Å². The van der Waals surface area contributed by atoms with Crippen LogP contribution in [0.5, 0.6) is 5.75 Å². The number of nitrogens with zero attached hydrogens (tertiary/aromatic N) is 5. The van der Waals surface area contributed by atoms with Crippen LogP contribution in [0.1, 0.15) is 46.0 Å². The first-order valence-corrected chi connectivity index (χ1v) is 10.8. The Balaban J connectivity index is 1.35. The second kappa shape index (κ2) is 7.04. The minimum absolute atomic E-state index is 0.0496. The van der Waals surface area contributed by atoms with Crippen LogP contribution in [0.4, 0.5) is 10.2 Å². The van der Waals surface area contributed by atoms with Gasteiger partial charge < -0.3 is 10.0 Å². The second-order valence-corrected chi connectivity index (χ2v) is 10.1. The molecule has 31 heavy (non-hydrogen) atoms. The normalized spacial score (nSPS) is 27.4. The van der Waals surface area contributed by atoms with Crippen molar-refractivity contribution in [2.45, 2.75) is 52.0 Å². The van der Waals surface area contributed by atoms with Gasteiger partial charge in [0.15, 0.2) is 11.6 Å². The summed E-state index contributed by atoms with van der Waals surface area (Å²) in [6, 6.07) is 9.39. The van der Waals surface area contributed by atoms with Gasteiger partial charge in [0.2, 0.25) is 0 Å². The van der Waals surface area contributed by atoms with Crippen LogP contribution >= 0.6 is 0 Å². The van der Waals surface area contributed by atoms with Crippen molar-refractivity contribution in [3.63, 3.8) is 0 Å². The zero-order chi connectivity index (χ0) is 21.8. The summed E-state index contributed by atoms with van der Waals surface area (Å²) in [6.07, 6.45) is 8.74. The molecule has 162 valence electrons. The molecule has 0 saturated heterocycles. The minimum atomic E-state index is -0.428. The first-order chi connectivity index (χ1) is 14.7. The van der Waals surface area contributed by atoms with Gasteiger partial charge >= 0.3 is 0 Å². The summed E-state index contributed by atoms with van der Waals surface area (Å²) in [5.41, 5.74) is 2.61. The molecule has 2 heterocycles. The standard InChI is InChI=1S/C24H28FN5O/c1-23-8-9-24(2,15-23)12-18(11-23)29(3)22-7-6-20(27-28-22)19-5-4-17(10-21(19)31)30-14-16(25)13-26-30/h4-7,10,13-14,18,31H,8-9,11-12,15H2,1-3H3/t18?,23-,24+. The molecule has 2 aliphatic carbocycles. The highest BCUT2D eigenvalue weighted by Crippen LogP contribution is 2.58. The lowest BCUT2D eigenvalue weighted by atomic mass is 9.68. The van der Waals surface area contributed by atoms with Crippen LogP contribution in [0.25, 0.3) is 16.9 Å². The Bertz CT molecular complexity index is 1100. The van der Waals surface area contributed by atoms with E-state index in [9.17, 15) is 9.50 Å². The molecule has 2 bridgehead atoms. The Morgan fingerprint density at radius 3 is 2.42 bits per heavy atom. The summed E-state index contributed by atoms with van der Waals surface area (Å²) in [5, 5.41) is 23.3. The quantitative estimate of drug-likeness (QED) is 0.644. The lowest BCUT2D eigenvalue weighted by Crippen LogP contribution is -2.42. The summed E-state index contributed by atoms with van der Waals surface area (Å²) in [7, 11) is 2.11. The molecule has 5 rings (SSSR count). The van der Waals surface area contributed by atoms with Crippen molar-refractivity contribution >= 4 is 5.82 Å². The minimum Gasteiger partial charge on any atom is -0.507 e. The maximum Gasteiger partial charge on any atom is 0.161 e. The number of hydrogen-bond donors (Lipinski definition) is 1. The highest BCUT2D eigenvalue weighted by molar-refractivity contribution is 5.69. The predicted molar refractivity (Wildman–Crippen MR) is 118 cm³/mol. The summed E-state index contributed by atoms with van der Waals surface area (Å²) in [4.78, 5) is 2.27. The zero-order valence-electron chi connectivity index (χ0n) is 18.2. The third kappa shape index (κ3) is 3.66. The third-order valence-electron chi connectivity index (χ3n) is 7.27. The topological polar surface area (TPSA) is 67.1 Å². The Morgan fingerprint density at radius 2 is 1.84 bits per heavy atom. The van der Waals surface area contributed by atoms with Crippen molar-refractivity contribution in [3.8, 4) is 22.7 Å². The van der Waals surface area contributed by atoms with Crippen LogP contribution in [-0.4, -0.2) is 38.2 Å². The Hall–Kier alpha value is -2.96. The number of benzene rings is 1. The smallest absolute Gasteiger partial charge is 0.161 e. The highest BCUT2D eigenvalue weighted by atomic mass is 19.1. The van der Waals surface area contributed by atoms with Gasteiger partial charge in [-0.1, -0.05) is 13.8 Å².